The van der Waals surface area contributed by atoms with Crippen molar-refractivity contribution >= 4 is 9.84 Å². The van der Waals surface area contributed by atoms with E-state index in [0.29, 0.717) is 12.1 Å². The summed E-state index contributed by atoms with van der Waals surface area (Å²) in [5.74, 6) is -1.12. The number of benzene rings is 1. The van der Waals surface area contributed by atoms with E-state index in [4.69, 9.17) is 0 Å². The van der Waals surface area contributed by atoms with Crippen LogP contribution in [0.5, 0.6) is 0 Å². The molecule has 1 aromatic carbocycles. The van der Waals surface area contributed by atoms with E-state index in [1.165, 1.54) is 13.8 Å². The summed E-state index contributed by atoms with van der Waals surface area (Å²) >= 11 is 0. The molecule has 0 unspecified atom stereocenters. The molecule has 2 nitrogen and oxygen atoms in total. The average Bonchev–Trinajstić information content (AvgIpc) is 2.15. The number of hydrogen-bond donors (Lipinski definition) is 0. The molecule has 0 aromatic heterocycles. The highest BCUT2D eigenvalue weighted by Crippen LogP contribution is 2.35. The van der Waals surface area contributed by atoms with Crippen LogP contribution in [0.2, 0.25) is 0 Å². The van der Waals surface area contributed by atoms with Gasteiger partial charge in [0, 0.05) is 0 Å². The maximum Gasteiger partial charge on any atom is 0.417 e. The van der Waals surface area contributed by atoms with Gasteiger partial charge in [0.2, 0.25) is 0 Å². The van der Waals surface area contributed by atoms with Crippen LogP contribution in [0, 0.1) is 5.82 Å². The Kier molecular flexibility index (Phi) is 3.52. The van der Waals surface area contributed by atoms with Gasteiger partial charge >= 0.3 is 6.18 Å². The van der Waals surface area contributed by atoms with Gasteiger partial charge in [0.1, 0.15) is 5.82 Å². The van der Waals surface area contributed by atoms with E-state index in [9.17, 15) is 26.0 Å². The van der Waals surface area contributed by atoms with Gasteiger partial charge in [0.15, 0.2) is 9.84 Å². The minimum atomic E-state index is -4.90. The molecular formula is C10H10F4O2S. The van der Waals surface area contributed by atoms with Crippen molar-refractivity contribution < 1.29 is 26.0 Å². The number of halogens is 4. The first-order valence-corrected chi connectivity index (χ1v) is 6.22. The molecule has 1 rings (SSSR count). The maximum atomic E-state index is 12.8. The smallest absolute Gasteiger partial charge is 0.223 e. The zero-order valence-corrected chi connectivity index (χ0v) is 9.86. The van der Waals surface area contributed by atoms with Crippen molar-refractivity contribution in [3.05, 3.63) is 29.6 Å². The lowest BCUT2D eigenvalue weighted by Crippen LogP contribution is -2.19. The molecule has 0 spiro atoms. The molecule has 0 aliphatic heterocycles. The molecule has 0 saturated carbocycles. The fourth-order valence-electron chi connectivity index (χ4n) is 1.23. The van der Waals surface area contributed by atoms with Crippen molar-refractivity contribution in [3.8, 4) is 0 Å². The van der Waals surface area contributed by atoms with Crippen LogP contribution in [0.4, 0.5) is 17.6 Å². The van der Waals surface area contributed by atoms with Gasteiger partial charge in [-0.25, -0.2) is 12.8 Å². The van der Waals surface area contributed by atoms with Crippen molar-refractivity contribution in [1.82, 2.24) is 0 Å². The van der Waals surface area contributed by atoms with Gasteiger partial charge in [-0.2, -0.15) is 13.2 Å². The molecule has 0 bridgehead atoms. The SMILES string of the molecule is CC(C)S(=O)(=O)c1ccc(F)cc1C(F)(F)F. The van der Waals surface area contributed by atoms with Crippen LogP contribution >= 0.6 is 0 Å². The molecule has 1 aromatic rings. The average molecular weight is 270 g/mol. The third kappa shape index (κ3) is 2.77. The molecule has 0 saturated heterocycles. The second kappa shape index (κ2) is 4.29. The van der Waals surface area contributed by atoms with Gasteiger partial charge in [0.05, 0.1) is 15.7 Å². The highest BCUT2D eigenvalue weighted by molar-refractivity contribution is 7.92. The quantitative estimate of drug-likeness (QED) is 0.611. The van der Waals surface area contributed by atoms with Crippen molar-refractivity contribution in [2.75, 3.05) is 0 Å². The Balaban J connectivity index is 3.56. The predicted molar refractivity (Wildman–Crippen MR) is 53.7 cm³/mol. The van der Waals surface area contributed by atoms with Gasteiger partial charge in [-0.3, -0.25) is 0 Å². The van der Waals surface area contributed by atoms with Crippen LogP contribution in [0.15, 0.2) is 23.1 Å². The lowest BCUT2D eigenvalue weighted by atomic mass is 10.2. The molecule has 0 heterocycles. The number of sulfone groups is 1. The lowest BCUT2D eigenvalue weighted by Gasteiger charge is -2.15. The summed E-state index contributed by atoms with van der Waals surface area (Å²) in [7, 11) is -4.09. The fraction of sp³-hybridized carbons (Fsp3) is 0.400. The van der Waals surface area contributed by atoms with Crippen molar-refractivity contribution in [3.63, 3.8) is 0 Å². The van der Waals surface area contributed by atoms with E-state index < -0.39 is 37.5 Å². The van der Waals surface area contributed by atoms with Crippen LogP contribution in [0.3, 0.4) is 0 Å². The summed E-state index contributed by atoms with van der Waals surface area (Å²) in [6, 6.07) is 1.53. The van der Waals surface area contributed by atoms with Crippen molar-refractivity contribution in [2.24, 2.45) is 0 Å². The highest BCUT2D eigenvalue weighted by atomic mass is 32.2. The van der Waals surface area contributed by atoms with Gasteiger partial charge in [-0.05, 0) is 32.0 Å². The molecular weight excluding hydrogens is 260 g/mol. The lowest BCUT2D eigenvalue weighted by molar-refractivity contribution is -0.140. The minimum absolute atomic E-state index is 0.190. The van der Waals surface area contributed by atoms with E-state index in [0.717, 1.165) is 0 Å². The zero-order chi connectivity index (χ0) is 13.4. The Morgan fingerprint density at radius 1 is 1.18 bits per heavy atom. The zero-order valence-electron chi connectivity index (χ0n) is 9.05. The van der Waals surface area contributed by atoms with Gasteiger partial charge in [-0.15, -0.1) is 0 Å². The van der Waals surface area contributed by atoms with E-state index in [2.05, 4.69) is 0 Å². The first-order chi connectivity index (χ1) is 7.56. The Morgan fingerprint density at radius 3 is 2.12 bits per heavy atom. The standard InChI is InChI=1S/C10H10F4O2S/c1-6(2)17(15,16)9-4-3-7(11)5-8(9)10(12,13)14/h3-6H,1-2H3. The predicted octanol–water partition coefficient (Wildman–Crippen LogP) is 3.03. The Morgan fingerprint density at radius 2 is 1.71 bits per heavy atom. The minimum Gasteiger partial charge on any atom is -0.223 e. The van der Waals surface area contributed by atoms with Gasteiger partial charge in [0.25, 0.3) is 0 Å². The number of alkyl halides is 3. The van der Waals surface area contributed by atoms with Gasteiger partial charge in [-0.1, -0.05) is 0 Å². The summed E-state index contributed by atoms with van der Waals surface area (Å²) in [5.41, 5.74) is -1.47. The maximum absolute atomic E-state index is 12.8. The Bertz CT molecular complexity index is 518. The molecule has 0 N–H and O–H groups in total. The van der Waals surface area contributed by atoms with Crippen LogP contribution in [0.25, 0.3) is 0 Å². The van der Waals surface area contributed by atoms with E-state index in [1.54, 1.807) is 0 Å². The molecule has 0 fully saturated rings. The Hall–Kier alpha value is -1.11. The summed E-state index contributed by atoms with van der Waals surface area (Å²) in [6.07, 6.45) is -4.90. The Labute approximate surface area is 96.2 Å². The summed E-state index contributed by atoms with van der Waals surface area (Å²) < 4.78 is 73.9. The van der Waals surface area contributed by atoms with Crippen LogP contribution in [-0.4, -0.2) is 13.7 Å². The molecule has 17 heavy (non-hydrogen) atoms. The van der Waals surface area contributed by atoms with E-state index >= 15 is 0 Å². The first kappa shape index (κ1) is 14.0. The normalized spacial score (nSPS) is 13.1. The molecule has 7 heteroatoms. The molecule has 0 radical (unpaired) electrons. The van der Waals surface area contributed by atoms with Gasteiger partial charge < -0.3 is 0 Å². The summed E-state index contributed by atoms with van der Waals surface area (Å²) in [5, 5.41) is -1.01. The third-order valence-corrected chi connectivity index (χ3v) is 4.38. The largest absolute Gasteiger partial charge is 0.417 e. The molecule has 0 aliphatic carbocycles. The third-order valence-electron chi connectivity index (χ3n) is 2.17. The summed E-state index contributed by atoms with van der Waals surface area (Å²) in [4.78, 5) is -0.888. The fourth-order valence-corrected chi connectivity index (χ4v) is 2.47. The van der Waals surface area contributed by atoms with E-state index in [1.807, 2.05) is 0 Å². The molecule has 96 valence electrons. The van der Waals surface area contributed by atoms with Crippen molar-refractivity contribution in [1.29, 1.82) is 0 Å². The first-order valence-electron chi connectivity index (χ1n) is 4.67. The second-order valence-electron chi connectivity index (χ2n) is 3.73. The second-order valence-corrected chi connectivity index (χ2v) is 6.20. The van der Waals surface area contributed by atoms with Crippen LogP contribution < -0.4 is 0 Å². The highest BCUT2D eigenvalue weighted by Gasteiger charge is 2.38. The molecule has 0 amide bonds. The van der Waals surface area contributed by atoms with Crippen LogP contribution in [-0.2, 0) is 16.0 Å². The topological polar surface area (TPSA) is 34.1 Å². The number of rotatable bonds is 2. The molecule has 0 aliphatic rings. The van der Waals surface area contributed by atoms with Crippen molar-refractivity contribution in [2.45, 2.75) is 30.2 Å². The number of hydrogen-bond acceptors (Lipinski definition) is 2. The van der Waals surface area contributed by atoms with E-state index in [-0.39, 0.29) is 6.07 Å². The molecule has 0 atom stereocenters. The van der Waals surface area contributed by atoms with Crippen LogP contribution in [0.1, 0.15) is 19.4 Å². The summed E-state index contributed by atoms with van der Waals surface area (Å²) in [6.45, 7) is 2.53. The monoisotopic (exact) mass is 270 g/mol.